The zero-order chi connectivity index (χ0) is 18.3. The van der Waals surface area contributed by atoms with Gasteiger partial charge in [0.15, 0.2) is 11.5 Å². The van der Waals surface area contributed by atoms with Gasteiger partial charge in [-0.3, -0.25) is 4.79 Å². The van der Waals surface area contributed by atoms with Crippen molar-refractivity contribution in [1.29, 1.82) is 0 Å². The van der Waals surface area contributed by atoms with Crippen molar-refractivity contribution in [1.82, 2.24) is 0 Å². The van der Waals surface area contributed by atoms with Crippen LogP contribution in [-0.2, 0) is 11.2 Å². The molecule has 4 atom stereocenters. The molecule has 0 unspecified atom stereocenters. The lowest BCUT2D eigenvalue weighted by Gasteiger charge is -2.48. The summed E-state index contributed by atoms with van der Waals surface area (Å²) in [4.78, 5) is 12.6. The first-order chi connectivity index (χ1) is 11.6. The van der Waals surface area contributed by atoms with Gasteiger partial charge in [0.2, 0.25) is 0 Å². The average molecular weight is 290 g/mol. The number of benzene rings is 1. The molecule has 0 saturated heterocycles. The summed E-state index contributed by atoms with van der Waals surface area (Å²) in [6.07, 6.45) is 0.850. The van der Waals surface area contributed by atoms with Crippen LogP contribution < -0.4 is 0 Å². The van der Waals surface area contributed by atoms with Crippen molar-refractivity contribution in [3.63, 3.8) is 0 Å². The summed E-state index contributed by atoms with van der Waals surface area (Å²) in [5.41, 5.74) is 0.587. The van der Waals surface area contributed by atoms with E-state index < -0.39 is 23.3 Å². The molecule has 1 aromatic rings. The van der Waals surface area contributed by atoms with Crippen molar-refractivity contribution in [3.05, 3.63) is 23.2 Å². The van der Waals surface area contributed by atoms with Crippen LogP contribution in [0, 0.1) is 17.3 Å². The monoisotopic (exact) mass is 290 g/mol. The number of phenolic OH excluding ortho intramolecular Hbond substituents is 2. The topological polar surface area (TPSA) is 57.5 Å². The summed E-state index contributed by atoms with van der Waals surface area (Å²) in [5, 5.41) is 19.9. The number of ketones is 1. The predicted octanol–water partition coefficient (Wildman–Crippen LogP) is 3.52. The first-order valence-corrected chi connectivity index (χ1v) is 7.68. The number of hydrogen-bond donors (Lipinski definition) is 2. The fourth-order valence-corrected chi connectivity index (χ4v) is 4.79. The third-order valence-electron chi connectivity index (χ3n) is 6.00. The molecule has 0 aliphatic heterocycles. The Bertz CT molecular complexity index is 791. The van der Waals surface area contributed by atoms with Crippen molar-refractivity contribution >= 4 is 5.78 Å². The van der Waals surface area contributed by atoms with E-state index in [0.29, 0.717) is 30.4 Å². The molecule has 0 aromatic heterocycles. The smallest absolute Gasteiger partial charge is 0.157 e. The van der Waals surface area contributed by atoms with E-state index in [1.54, 1.807) is 0 Å². The molecule has 3 heteroatoms. The van der Waals surface area contributed by atoms with E-state index in [4.69, 9.17) is 5.48 Å². The Balaban J connectivity index is 1.82. The van der Waals surface area contributed by atoms with Gasteiger partial charge in [0.1, 0.15) is 5.78 Å². The molecule has 1 aromatic carbocycles. The van der Waals surface area contributed by atoms with Gasteiger partial charge >= 0.3 is 0 Å². The van der Waals surface area contributed by atoms with Crippen LogP contribution in [0.3, 0.4) is 0 Å². The van der Waals surface area contributed by atoms with Gasteiger partial charge in [-0.05, 0) is 73.1 Å². The van der Waals surface area contributed by atoms with Crippen molar-refractivity contribution in [2.24, 2.45) is 17.3 Å². The van der Waals surface area contributed by atoms with E-state index >= 15 is 0 Å². The highest BCUT2D eigenvalue weighted by atomic mass is 16.3. The molecule has 2 saturated carbocycles. The van der Waals surface area contributed by atoms with Crippen LogP contribution in [0.5, 0.6) is 11.5 Å². The Hall–Kier alpha value is -1.51. The van der Waals surface area contributed by atoms with E-state index in [1.165, 1.54) is 0 Å². The second kappa shape index (κ2) is 4.25. The maximum Gasteiger partial charge on any atom is 0.157 e. The molecule has 0 radical (unpaired) electrons. The fourth-order valence-electron chi connectivity index (χ4n) is 4.79. The maximum absolute atomic E-state index is 12.6. The van der Waals surface area contributed by atoms with Gasteiger partial charge in [0.25, 0.3) is 0 Å². The van der Waals surface area contributed by atoms with Crippen molar-refractivity contribution in [3.8, 4) is 11.5 Å². The molecule has 3 nitrogen and oxygen atoms in total. The number of phenols is 2. The summed E-state index contributed by atoms with van der Waals surface area (Å²) in [7, 11) is 0. The lowest BCUT2D eigenvalue weighted by molar-refractivity contribution is -0.129. The van der Waals surface area contributed by atoms with Crippen LogP contribution in [-0.4, -0.2) is 16.0 Å². The van der Waals surface area contributed by atoms with Crippen molar-refractivity contribution < 1.29 is 20.5 Å². The van der Waals surface area contributed by atoms with Crippen LogP contribution in [0.2, 0.25) is 0 Å². The lowest BCUT2D eigenvalue weighted by Crippen LogP contribution is -2.42. The quantitative estimate of drug-likeness (QED) is 0.719. The Morgan fingerprint density at radius 3 is 2.86 bits per heavy atom. The summed E-state index contributed by atoms with van der Waals surface area (Å²) in [5.74, 6) is -1.45. The Kier molecular flexibility index (Phi) is 1.92. The molecule has 3 aliphatic rings. The Morgan fingerprint density at radius 1 is 1.29 bits per heavy atom. The number of hydrogen-bond acceptors (Lipinski definition) is 3. The van der Waals surface area contributed by atoms with Gasteiger partial charge in [0.05, 0.1) is 2.74 Å². The van der Waals surface area contributed by atoms with Gasteiger partial charge in [-0.2, -0.15) is 0 Å². The molecule has 2 N–H and O–H groups in total. The zero-order valence-corrected chi connectivity index (χ0v) is 12.1. The highest BCUT2D eigenvalue weighted by Crippen LogP contribution is 2.59. The number of Topliss-reactive ketones (excluding diaryl/α,β-unsaturated/α-hetero) is 1. The molecule has 21 heavy (non-hydrogen) atoms. The standard InChI is InChI=1S/C18H22O3/c1-18-7-6-11-12(14(18)4-5-17(18)21)3-2-10-8-15(19)16(20)9-13(10)11/h8-9,11-12,14,19-20H,2-7H2,1H3/t11-,12+,14-,18-/m0/s1/i5D2,8D,9D. The number of fused-ring (bicyclic) bond motifs is 5. The molecule has 3 aliphatic carbocycles. The van der Waals surface area contributed by atoms with Gasteiger partial charge in [-0.15, -0.1) is 0 Å². The van der Waals surface area contributed by atoms with Crippen LogP contribution in [0.4, 0.5) is 0 Å². The fraction of sp³-hybridized carbons (Fsp3) is 0.611. The molecule has 0 heterocycles. The van der Waals surface area contributed by atoms with E-state index in [1.807, 2.05) is 6.92 Å². The normalized spacial score (nSPS) is 42.9. The van der Waals surface area contributed by atoms with E-state index in [0.717, 1.165) is 6.42 Å². The summed E-state index contributed by atoms with van der Waals surface area (Å²) in [6.45, 7) is 1.88. The van der Waals surface area contributed by atoms with E-state index in [-0.39, 0.29) is 42.0 Å². The molecule has 0 spiro atoms. The SMILES string of the molecule is [2H]c1c(O)c(O)c([2H])c2c1CC[C@@H]1[C@@H]2CC[C@]2(C)C(=O)C([2H])([2H])C[C@@H]12. The summed E-state index contributed by atoms with van der Waals surface area (Å²) < 4.78 is 32.5. The van der Waals surface area contributed by atoms with Crippen LogP contribution in [0.15, 0.2) is 12.1 Å². The number of carbonyl (C=O) groups excluding carboxylic acids is 1. The molecule has 112 valence electrons. The van der Waals surface area contributed by atoms with Crippen LogP contribution >= 0.6 is 0 Å². The molecule has 4 rings (SSSR count). The third-order valence-corrected chi connectivity index (χ3v) is 6.00. The minimum Gasteiger partial charge on any atom is -0.504 e. The summed E-state index contributed by atoms with van der Waals surface area (Å²) in [6, 6.07) is -0.220. The highest BCUT2D eigenvalue weighted by Gasteiger charge is 2.54. The minimum absolute atomic E-state index is 0.0633. The van der Waals surface area contributed by atoms with Crippen LogP contribution in [0.25, 0.3) is 0 Å². The first-order valence-electron chi connectivity index (χ1n) is 9.68. The minimum atomic E-state index is -1.80. The Labute approximate surface area is 130 Å². The van der Waals surface area contributed by atoms with Gasteiger partial charge < -0.3 is 10.2 Å². The Morgan fingerprint density at radius 2 is 2.05 bits per heavy atom. The van der Waals surface area contributed by atoms with Gasteiger partial charge in [-0.25, -0.2) is 0 Å². The number of aromatic hydroxyl groups is 2. The predicted molar refractivity (Wildman–Crippen MR) is 79.4 cm³/mol. The summed E-state index contributed by atoms with van der Waals surface area (Å²) >= 11 is 0. The molecule has 0 bridgehead atoms. The second-order valence-corrected chi connectivity index (χ2v) is 6.92. The van der Waals surface area contributed by atoms with Gasteiger partial charge in [0, 0.05) is 14.5 Å². The first kappa shape index (κ1) is 9.50. The van der Waals surface area contributed by atoms with Gasteiger partial charge in [-0.1, -0.05) is 6.92 Å². The second-order valence-electron chi connectivity index (χ2n) is 6.92. The lowest BCUT2D eigenvalue weighted by atomic mass is 9.55. The average Bonchev–Trinajstić information content (AvgIpc) is 2.77. The number of rotatable bonds is 0. The molecule has 2 fully saturated rings. The molecular weight excluding hydrogens is 264 g/mol. The van der Waals surface area contributed by atoms with Crippen molar-refractivity contribution in [2.45, 2.75) is 51.3 Å². The van der Waals surface area contributed by atoms with Crippen molar-refractivity contribution in [2.75, 3.05) is 0 Å². The van der Waals surface area contributed by atoms with E-state index in [2.05, 4.69) is 0 Å². The zero-order valence-electron chi connectivity index (χ0n) is 16.1. The van der Waals surface area contributed by atoms with Crippen LogP contribution in [0.1, 0.15) is 61.5 Å². The largest absolute Gasteiger partial charge is 0.504 e. The molecular formula is C18H22O3. The third kappa shape index (κ3) is 1.69. The van der Waals surface area contributed by atoms with E-state index in [9.17, 15) is 15.0 Å². The number of carbonyl (C=O) groups is 1. The molecule has 0 amide bonds. The maximum atomic E-state index is 12.6. The highest BCUT2D eigenvalue weighted by molar-refractivity contribution is 5.87.